The lowest BCUT2D eigenvalue weighted by molar-refractivity contribution is 0.0693. The molecular formula is C13H18O5. The van der Waals surface area contributed by atoms with Crippen LogP contribution in [-0.2, 0) is 0 Å². The number of phenols is 1. The van der Waals surface area contributed by atoms with Gasteiger partial charge in [0.2, 0.25) is 0 Å². The minimum atomic E-state index is -1.16. The lowest BCUT2D eigenvalue weighted by Gasteiger charge is -2.07. The zero-order chi connectivity index (χ0) is 13.4. The van der Waals surface area contributed by atoms with Gasteiger partial charge < -0.3 is 20.1 Å². The van der Waals surface area contributed by atoms with Crippen molar-refractivity contribution in [2.24, 2.45) is 0 Å². The molecule has 0 aliphatic carbocycles. The van der Waals surface area contributed by atoms with E-state index in [2.05, 4.69) is 0 Å². The smallest absolute Gasteiger partial charge is 0.339 e. The maximum absolute atomic E-state index is 10.7. The highest BCUT2D eigenvalue weighted by Gasteiger charge is 2.09. The first-order valence-corrected chi connectivity index (χ1v) is 5.95. The molecule has 5 heteroatoms. The molecule has 0 fully saturated rings. The summed E-state index contributed by atoms with van der Waals surface area (Å²) < 4.78 is 5.39. The average molecular weight is 254 g/mol. The van der Waals surface area contributed by atoms with Gasteiger partial charge in [-0.25, -0.2) is 4.79 Å². The molecule has 3 N–H and O–H groups in total. The Labute approximate surface area is 106 Å². The van der Waals surface area contributed by atoms with Gasteiger partial charge in [0.15, 0.2) is 0 Å². The van der Waals surface area contributed by atoms with Gasteiger partial charge in [0.05, 0.1) is 6.61 Å². The molecule has 0 spiro atoms. The maximum atomic E-state index is 10.7. The van der Waals surface area contributed by atoms with Crippen LogP contribution in [0, 0.1) is 0 Å². The highest BCUT2D eigenvalue weighted by Crippen LogP contribution is 2.23. The number of carboxylic acid groups (broad SMARTS) is 1. The number of aliphatic hydroxyl groups excluding tert-OH is 1. The van der Waals surface area contributed by atoms with Crippen LogP contribution in [0.5, 0.6) is 11.5 Å². The van der Waals surface area contributed by atoms with Gasteiger partial charge in [0, 0.05) is 12.7 Å². The van der Waals surface area contributed by atoms with Crippen molar-refractivity contribution in [1.82, 2.24) is 0 Å². The monoisotopic (exact) mass is 254 g/mol. The maximum Gasteiger partial charge on any atom is 0.339 e. The van der Waals surface area contributed by atoms with Crippen LogP contribution in [0.15, 0.2) is 18.2 Å². The van der Waals surface area contributed by atoms with Crippen LogP contribution in [-0.4, -0.2) is 34.5 Å². The van der Waals surface area contributed by atoms with E-state index in [9.17, 15) is 9.90 Å². The number of aliphatic hydroxyl groups is 1. The molecule has 5 nitrogen and oxygen atoms in total. The normalized spacial score (nSPS) is 10.3. The number of aromatic hydroxyl groups is 1. The zero-order valence-corrected chi connectivity index (χ0v) is 10.1. The predicted octanol–water partition coefficient (Wildman–Crippen LogP) is 2.02. The molecule has 0 atom stereocenters. The van der Waals surface area contributed by atoms with Crippen LogP contribution in [0.4, 0.5) is 0 Å². The number of ether oxygens (including phenoxy) is 1. The fourth-order valence-corrected chi connectivity index (χ4v) is 1.54. The van der Waals surface area contributed by atoms with Crippen molar-refractivity contribution in [2.45, 2.75) is 25.7 Å². The molecule has 18 heavy (non-hydrogen) atoms. The van der Waals surface area contributed by atoms with E-state index in [0.29, 0.717) is 12.4 Å². The first-order chi connectivity index (χ1) is 8.65. The second-order valence-electron chi connectivity index (χ2n) is 3.97. The van der Waals surface area contributed by atoms with E-state index in [1.54, 1.807) is 0 Å². The van der Waals surface area contributed by atoms with Crippen molar-refractivity contribution in [1.29, 1.82) is 0 Å². The van der Waals surface area contributed by atoms with Gasteiger partial charge in [-0.1, -0.05) is 6.42 Å². The summed E-state index contributed by atoms with van der Waals surface area (Å²) in [5.74, 6) is -0.997. The largest absolute Gasteiger partial charge is 0.507 e. The Bertz CT molecular complexity index is 389. The van der Waals surface area contributed by atoms with Crippen molar-refractivity contribution in [3.05, 3.63) is 23.8 Å². The van der Waals surface area contributed by atoms with Gasteiger partial charge in [-0.3, -0.25) is 0 Å². The Morgan fingerprint density at radius 2 is 1.89 bits per heavy atom. The number of carboxylic acids is 1. The van der Waals surface area contributed by atoms with Crippen molar-refractivity contribution in [3.63, 3.8) is 0 Å². The van der Waals surface area contributed by atoms with E-state index in [4.69, 9.17) is 14.9 Å². The fraction of sp³-hybridized carbons (Fsp3) is 0.462. The molecule has 100 valence electrons. The number of benzene rings is 1. The fourth-order valence-electron chi connectivity index (χ4n) is 1.54. The minimum Gasteiger partial charge on any atom is -0.507 e. The van der Waals surface area contributed by atoms with Crippen LogP contribution in [0.2, 0.25) is 0 Å². The summed E-state index contributed by atoms with van der Waals surface area (Å²) >= 11 is 0. The second-order valence-corrected chi connectivity index (χ2v) is 3.97. The summed E-state index contributed by atoms with van der Waals surface area (Å²) in [6.07, 6.45) is 3.60. The Kier molecular flexibility index (Phi) is 6.00. The molecular weight excluding hydrogens is 236 g/mol. The molecule has 1 aromatic carbocycles. The predicted molar refractivity (Wildman–Crippen MR) is 66.1 cm³/mol. The molecule has 0 unspecified atom stereocenters. The first-order valence-electron chi connectivity index (χ1n) is 5.95. The van der Waals surface area contributed by atoms with E-state index < -0.39 is 5.97 Å². The second kappa shape index (κ2) is 7.55. The third-order valence-corrected chi connectivity index (χ3v) is 2.52. The van der Waals surface area contributed by atoms with Crippen molar-refractivity contribution < 1.29 is 24.9 Å². The number of carbonyl (C=O) groups is 1. The van der Waals surface area contributed by atoms with Crippen LogP contribution in [0.1, 0.15) is 36.0 Å². The van der Waals surface area contributed by atoms with E-state index in [1.807, 2.05) is 0 Å². The molecule has 0 aliphatic heterocycles. The van der Waals surface area contributed by atoms with Crippen molar-refractivity contribution in [3.8, 4) is 11.5 Å². The number of hydrogen-bond donors (Lipinski definition) is 3. The third-order valence-electron chi connectivity index (χ3n) is 2.52. The number of unbranched alkanes of at least 4 members (excludes halogenated alkanes) is 3. The molecule has 0 heterocycles. The standard InChI is InChI=1S/C13H18O5/c14-7-3-1-2-4-8-18-10-5-6-11(13(16)17)12(15)9-10/h5-6,9,14-15H,1-4,7-8H2,(H,16,17). The van der Waals surface area contributed by atoms with Crippen LogP contribution in [0.3, 0.4) is 0 Å². The average Bonchev–Trinajstić information content (AvgIpc) is 2.33. The van der Waals surface area contributed by atoms with Gasteiger partial charge in [0.25, 0.3) is 0 Å². The Hall–Kier alpha value is -1.75. The van der Waals surface area contributed by atoms with Crippen LogP contribution < -0.4 is 4.74 Å². The molecule has 0 bridgehead atoms. The number of rotatable bonds is 8. The van der Waals surface area contributed by atoms with Gasteiger partial charge >= 0.3 is 5.97 Å². The van der Waals surface area contributed by atoms with Gasteiger partial charge in [0.1, 0.15) is 17.1 Å². The molecule has 0 saturated heterocycles. The molecule has 0 amide bonds. The zero-order valence-electron chi connectivity index (χ0n) is 10.1. The first kappa shape index (κ1) is 14.3. The Morgan fingerprint density at radius 1 is 1.17 bits per heavy atom. The molecule has 0 aromatic heterocycles. The Morgan fingerprint density at radius 3 is 2.50 bits per heavy atom. The van der Waals surface area contributed by atoms with E-state index in [-0.39, 0.29) is 17.9 Å². The third kappa shape index (κ3) is 4.63. The topological polar surface area (TPSA) is 87.0 Å². The summed E-state index contributed by atoms with van der Waals surface area (Å²) in [7, 11) is 0. The highest BCUT2D eigenvalue weighted by molar-refractivity contribution is 5.90. The van der Waals surface area contributed by atoms with E-state index >= 15 is 0 Å². The summed E-state index contributed by atoms with van der Waals surface area (Å²) in [6, 6.07) is 4.15. The highest BCUT2D eigenvalue weighted by atomic mass is 16.5. The quantitative estimate of drug-likeness (QED) is 0.618. The van der Waals surface area contributed by atoms with Crippen LogP contribution >= 0.6 is 0 Å². The summed E-state index contributed by atoms with van der Waals surface area (Å²) in [5.41, 5.74) is -0.134. The summed E-state index contributed by atoms with van der Waals surface area (Å²) in [5, 5.41) is 26.8. The van der Waals surface area contributed by atoms with E-state index in [1.165, 1.54) is 18.2 Å². The van der Waals surface area contributed by atoms with Crippen LogP contribution in [0.25, 0.3) is 0 Å². The van der Waals surface area contributed by atoms with Crippen molar-refractivity contribution >= 4 is 5.97 Å². The van der Waals surface area contributed by atoms with Gasteiger partial charge in [-0.15, -0.1) is 0 Å². The van der Waals surface area contributed by atoms with Gasteiger partial charge in [-0.05, 0) is 31.4 Å². The lowest BCUT2D eigenvalue weighted by Crippen LogP contribution is -2.00. The molecule has 1 rings (SSSR count). The summed E-state index contributed by atoms with van der Waals surface area (Å²) in [6.45, 7) is 0.725. The SMILES string of the molecule is O=C(O)c1ccc(OCCCCCCO)cc1O. The number of aromatic carboxylic acids is 1. The minimum absolute atomic E-state index is 0.134. The van der Waals surface area contributed by atoms with Crippen molar-refractivity contribution in [2.75, 3.05) is 13.2 Å². The molecule has 0 radical (unpaired) electrons. The molecule has 0 saturated carbocycles. The Balaban J connectivity index is 2.35. The summed E-state index contributed by atoms with van der Waals surface area (Å²) in [4.78, 5) is 10.7. The lowest BCUT2D eigenvalue weighted by atomic mass is 10.2. The molecule has 1 aromatic rings. The van der Waals surface area contributed by atoms with E-state index in [0.717, 1.165) is 25.7 Å². The molecule has 0 aliphatic rings. The van der Waals surface area contributed by atoms with Gasteiger partial charge in [-0.2, -0.15) is 0 Å². The number of hydrogen-bond acceptors (Lipinski definition) is 4.